The van der Waals surface area contributed by atoms with Gasteiger partial charge < -0.3 is 10.2 Å². The maximum Gasteiger partial charge on any atom is 0.0302 e. The maximum atomic E-state index is 3.65. The number of likely N-dealkylation sites (tertiary alicyclic amines) is 1. The summed E-state index contributed by atoms with van der Waals surface area (Å²) in [5.41, 5.74) is 1.35. The van der Waals surface area contributed by atoms with E-state index in [2.05, 4.69) is 64.4 Å². The molecule has 0 aromatic heterocycles. The number of nitrogens with one attached hydrogen (secondary N) is 1. The first-order valence-corrected chi connectivity index (χ1v) is 8.16. The number of rotatable bonds is 5. The molecule has 0 bridgehead atoms. The van der Waals surface area contributed by atoms with Crippen LogP contribution in [0.2, 0.25) is 0 Å². The minimum Gasteiger partial charge on any atom is -0.310 e. The van der Waals surface area contributed by atoms with Crippen LogP contribution < -0.4 is 5.32 Å². The quantitative estimate of drug-likeness (QED) is 0.881. The van der Waals surface area contributed by atoms with Crippen molar-refractivity contribution in [3.63, 3.8) is 0 Å². The number of halogens is 1. The van der Waals surface area contributed by atoms with Crippen LogP contribution in [0.15, 0.2) is 28.7 Å². The molecule has 106 valence electrons. The van der Waals surface area contributed by atoms with Crippen LogP contribution in [0.3, 0.4) is 0 Å². The number of hydrogen-bond donors (Lipinski definition) is 1. The molecule has 0 aliphatic carbocycles. The molecular formula is C16H25BrN2. The molecule has 1 aromatic rings. The Labute approximate surface area is 125 Å². The first kappa shape index (κ1) is 15.0. The topological polar surface area (TPSA) is 15.3 Å². The Kier molecular flexibility index (Phi) is 5.86. The fourth-order valence-corrected chi connectivity index (χ4v) is 3.54. The van der Waals surface area contributed by atoms with Gasteiger partial charge in [-0.1, -0.05) is 40.5 Å². The van der Waals surface area contributed by atoms with E-state index in [9.17, 15) is 0 Å². The van der Waals surface area contributed by atoms with Gasteiger partial charge in [0.1, 0.15) is 0 Å². The van der Waals surface area contributed by atoms with Crippen LogP contribution >= 0.6 is 15.9 Å². The first-order chi connectivity index (χ1) is 9.18. The molecule has 1 aliphatic rings. The molecule has 0 spiro atoms. The third-order valence-corrected chi connectivity index (χ3v) is 4.94. The Balaban J connectivity index is 1.77. The zero-order chi connectivity index (χ0) is 13.7. The highest BCUT2D eigenvalue weighted by atomic mass is 79.9. The highest BCUT2D eigenvalue weighted by molar-refractivity contribution is 9.10. The highest BCUT2D eigenvalue weighted by Gasteiger charge is 2.18. The fourth-order valence-electron chi connectivity index (χ4n) is 2.91. The first-order valence-electron chi connectivity index (χ1n) is 7.36. The van der Waals surface area contributed by atoms with Gasteiger partial charge in [0.2, 0.25) is 0 Å². The molecular weight excluding hydrogens is 300 g/mol. The smallest absolute Gasteiger partial charge is 0.0302 e. The van der Waals surface area contributed by atoms with Gasteiger partial charge in [0.05, 0.1) is 0 Å². The van der Waals surface area contributed by atoms with Crippen molar-refractivity contribution in [2.75, 3.05) is 20.1 Å². The van der Waals surface area contributed by atoms with Crippen LogP contribution in [0.25, 0.3) is 0 Å². The van der Waals surface area contributed by atoms with E-state index in [0.29, 0.717) is 6.04 Å². The molecule has 1 fully saturated rings. The van der Waals surface area contributed by atoms with Crippen LogP contribution in [0.5, 0.6) is 0 Å². The number of hydrogen-bond acceptors (Lipinski definition) is 2. The Morgan fingerprint density at radius 3 is 2.89 bits per heavy atom. The van der Waals surface area contributed by atoms with Crippen molar-refractivity contribution >= 4 is 15.9 Å². The molecule has 1 aliphatic heterocycles. The molecule has 2 atom stereocenters. The van der Waals surface area contributed by atoms with E-state index in [1.54, 1.807) is 0 Å². The van der Waals surface area contributed by atoms with Gasteiger partial charge in [0.15, 0.2) is 0 Å². The molecule has 19 heavy (non-hydrogen) atoms. The largest absolute Gasteiger partial charge is 0.310 e. The number of piperidine rings is 1. The Morgan fingerprint density at radius 1 is 1.37 bits per heavy atom. The van der Waals surface area contributed by atoms with Gasteiger partial charge in [-0.05, 0) is 58.0 Å². The molecule has 3 heteroatoms. The van der Waals surface area contributed by atoms with Gasteiger partial charge >= 0.3 is 0 Å². The molecule has 1 aromatic carbocycles. The number of nitrogens with zero attached hydrogens (tertiary/aromatic N) is 1. The molecule has 0 radical (unpaired) electrons. The lowest BCUT2D eigenvalue weighted by Crippen LogP contribution is -2.38. The van der Waals surface area contributed by atoms with E-state index in [1.807, 2.05) is 0 Å². The molecule has 2 rings (SSSR count). The third kappa shape index (κ3) is 4.30. The second kappa shape index (κ2) is 7.41. The maximum absolute atomic E-state index is 3.65. The molecule has 1 unspecified atom stereocenters. The summed E-state index contributed by atoms with van der Waals surface area (Å²) in [7, 11) is 2.26. The summed E-state index contributed by atoms with van der Waals surface area (Å²) in [6.07, 6.45) is 5.38. The molecule has 1 saturated heterocycles. The highest BCUT2D eigenvalue weighted by Crippen LogP contribution is 2.23. The Hall–Kier alpha value is -0.380. The lowest BCUT2D eigenvalue weighted by atomic mass is 10.00. The van der Waals surface area contributed by atoms with E-state index in [0.717, 1.165) is 12.6 Å². The second-order valence-electron chi connectivity index (χ2n) is 5.62. The summed E-state index contributed by atoms with van der Waals surface area (Å²) < 4.78 is 1.20. The monoisotopic (exact) mass is 324 g/mol. The van der Waals surface area contributed by atoms with E-state index in [4.69, 9.17) is 0 Å². The molecule has 2 nitrogen and oxygen atoms in total. The van der Waals surface area contributed by atoms with Gasteiger partial charge in [-0.15, -0.1) is 0 Å². The van der Waals surface area contributed by atoms with E-state index < -0.39 is 0 Å². The van der Waals surface area contributed by atoms with Gasteiger partial charge in [0.25, 0.3) is 0 Å². The van der Waals surface area contributed by atoms with Crippen LogP contribution in [0, 0.1) is 0 Å². The van der Waals surface area contributed by atoms with E-state index in [1.165, 1.54) is 42.3 Å². The summed E-state index contributed by atoms with van der Waals surface area (Å²) in [6.45, 7) is 4.60. The van der Waals surface area contributed by atoms with Crippen molar-refractivity contribution in [1.82, 2.24) is 10.2 Å². The van der Waals surface area contributed by atoms with Gasteiger partial charge in [-0.3, -0.25) is 0 Å². The zero-order valence-electron chi connectivity index (χ0n) is 12.0. The standard InChI is InChI=1S/C16H25BrN2/c1-13(15-8-3-4-9-16(15)17)18-11-10-14-7-5-6-12-19(14)2/h3-4,8-9,13-14,18H,5-7,10-12H2,1-2H3/t13-,14?/m1/s1. The van der Waals surface area contributed by atoms with Crippen LogP contribution in [0.4, 0.5) is 0 Å². The molecule has 0 saturated carbocycles. The van der Waals surface area contributed by atoms with Crippen molar-refractivity contribution < 1.29 is 0 Å². The van der Waals surface area contributed by atoms with Crippen molar-refractivity contribution in [1.29, 1.82) is 0 Å². The predicted molar refractivity (Wildman–Crippen MR) is 85.4 cm³/mol. The summed E-state index contributed by atoms with van der Waals surface area (Å²) in [5, 5.41) is 3.65. The predicted octanol–water partition coefficient (Wildman–Crippen LogP) is 3.97. The summed E-state index contributed by atoms with van der Waals surface area (Å²) in [5.74, 6) is 0. The van der Waals surface area contributed by atoms with E-state index >= 15 is 0 Å². The zero-order valence-corrected chi connectivity index (χ0v) is 13.6. The van der Waals surface area contributed by atoms with Crippen molar-refractivity contribution in [2.24, 2.45) is 0 Å². The summed E-state index contributed by atoms with van der Waals surface area (Å²) in [6, 6.07) is 9.65. The molecule has 0 amide bonds. The van der Waals surface area contributed by atoms with Crippen LogP contribution in [-0.4, -0.2) is 31.1 Å². The Bertz CT molecular complexity index is 394. The average molecular weight is 325 g/mol. The van der Waals surface area contributed by atoms with Crippen LogP contribution in [-0.2, 0) is 0 Å². The minimum absolute atomic E-state index is 0.407. The number of benzene rings is 1. The van der Waals surface area contributed by atoms with Crippen LogP contribution in [0.1, 0.15) is 44.2 Å². The molecule has 1 heterocycles. The van der Waals surface area contributed by atoms with Crippen molar-refractivity contribution in [3.8, 4) is 0 Å². The minimum atomic E-state index is 0.407. The van der Waals surface area contributed by atoms with Gasteiger partial charge in [-0.2, -0.15) is 0 Å². The normalized spacial score (nSPS) is 22.4. The molecule has 1 N–H and O–H groups in total. The van der Waals surface area contributed by atoms with Gasteiger partial charge in [0, 0.05) is 16.6 Å². The van der Waals surface area contributed by atoms with Crippen molar-refractivity contribution in [2.45, 2.75) is 44.7 Å². The fraction of sp³-hybridized carbons (Fsp3) is 0.625. The lowest BCUT2D eigenvalue weighted by molar-refractivity contribution is 0.174. The van der Waals surface area contributed by atoms with E-state index in [-0.39, 0.29) is 0 Å². The lowest BCUT2D eigenvalue weighted by Gasteiger charge is -2.32. The second-order valence-corrected chi connectivity index (χ2v) is 6.47. The Morgan fingerprint density at radius 2 is 2.16 bits per heavy atom. The van der Waals surface area contributed by atoms with Crippen molar-refractivity contribution in [3.05, 3.63) is 34.3 Å². The SMILES string of the molecule is C[C@@H](NCCC1CCCCN1C)c1ccccc1Br. The van der Waals surface area contributed by atoms with Gasteiger partial charge in [-0.25, -0.2) is 0 Å². The average Bonchev–Trinajstić information content (AvgIpc) is 2.41. The summed E-state index contributed by atoms with van der Waals surface area (Å²) in [4.78, 5) is 2.52. The third-order valence-electron chi connectivity index (χ3n) is 4.22. The summed E-state index contributed by atoms with van der Waals surface area (Å²) >= 11 is 3.63.